The Bertz CT molecular complexity index is 632. The molecule has 0 spiro atoms. The van der Waals surface area contributed by atoms with Crippen LogP contribution in [0, 0.1) is 5.92 Å². The van der Waals surface area contributed by atoms with Crippen molar-refractivity contribution in [3.05, 3.63) is 28.8 Å². The van der Waals surface area contributed by atoms with Gasteiger partial charge in [0.05, 0.1) is 10.6 Å². The van der Waals surface area contributed by atoms with Crippen LogP contribution < -0.4 is 10.6 Å². The number of hydrogen-bond acceptors (Lipinski definition) is 3. The van der Waals surface area contributed by atoms with Gasteiger partial charge < -0.3 is 20.6 Å². The van der Waals surface area contributed by atoms with E-state index in [4.69, 9.17) is 11.6 Å². The van der Waals surface area contributed by atoms with Gasteiger partial charge in [0.2, 0.25) is 0 Å². The van der Waals surface area contributed by atoms with Gasteiger partial charge in [-0.25, -0.2) is 9.59 Å². The predicted octanol–water partition coefficient (Wildman–Crippen LogP) is 2.66. The maximum absolute atomic E-state index is 12.4. The van der Waals surface area contributed by atoms with Gasteiger partial charge in [-0.05, 0) is 30.5 Å². The summed E-state index contributed by atoms with van der Waals surface area (Å²) in [6.45, 7) is 3.74. The zero-order valence-electron chi connectivity index (χ0n) is 14.1. The molecule has 3 N–H and O–H groups in total. The van der Waals surface area contributed by atoms with Crippen LogP contribution in [0.3, 0.4) is 0 Å². The lowest BCUT2D eigenvalue weighted by Crippen LogP contribution is -2.41. The molecule has 0 aliphatic rings. The Kier molecular flexibility index (Phi) is 7.03. The lowest BCUT2D eigenvalue weighted by Gasteiger charge is -2.17. The van der Waals surface area contributed by atoms with E-state index in [-0.39, 0.29) is 22.5 Å². The zero-order valence-corrected chi connectivity index (χ0v) is 14.8. The second-order valence-corrected chi connectivity index (χ2v) is 6.42. The zero-order chi connectivity index (χ0) is 18.4. The number of nitrogens with zero attached hydrogens (tertiary/aromatic N) is 1. The van der Waals surface area contributed by atoms with E-state index in [1.807, 2.05) is 13.8 Å². The van der Waals surface area contributed by atoms with Crippen molar-refractivity contribution >= 4 is 35.2 Å². The first-order valence-corrected chi connectivity index (χ1v) is 7.81. The maximum atomic E-state index is 12.4. The molecule has 1 rings (SSSR count). The minimum Gasteiger partial charge on any atom is -0.480 e. The van der Waals surface area contributed by atoms with Gasteiger partial charge in [-0.3, -0.25) is 4.79 Å². The first-order valence-electron chi connectivity index (χ1n) is 7.43. The summed E-state index contributed by atoms with van der Waals surface area (Å²) >= 11 is 6.03. The summed E-state index contributed by atoms with van der Waals surface area (Å²) in [5.41, 5.74) is 0.488. The Morgan fingerprint density at radius 1 is 1.25 bits per heavy atom. The Balaban J connectivity index is 2.96. The van der Waals surface area contributed by atoms with Crippen LogP contribution in [-0.4, -0.2) is 48.1 Å². The van der Waals surface area contributed by atoms with Gasteiger partial charge in [0, 0.05) is 19.8 Å². The van der Waals surface area contributed by atoms with E-state index in [1.54, 1.807) is 20.2 Å². The maximum Gasteiger partial charge on any atom is 0.326 e. The quantitative estimate of drug-likeness (QED) is 0.730. The molecule has 8 heteroatoms. The summed E-state index contributed by atoms with van der Waals surface area (Å²) in [6, 6.07) is 3.08. The van der Waals surface area contributed by atoms with Crippen LogP contribution >= 0.6 is 11.6 Å². The van der Waals surface area contributed by atoms with Crippen LogP contribution in [0.2, 0.25) is 5.02 Å². The summed E-state index contributed by atoms with van der Waals surface area (Å²) < 4.78 is 0. The lowest BCUT2D eigenvalue weighted by molar-refractivity contribution is -0.139. The lowest BCUT2D eigenvalue weighted by atomic mass is 10.0. The number of carboxylic acid groups (broad SMARTS) is 1. The van der Waals surface area contributed by atoms with E-state index in [9.17, 15) is 19.5 Å². The molecule has 1 aromatic carbocycles. The number of nitrogens with one attached hydrogen (secondary N) is 2. The van der Waals surface area contributed by atoms with E-state index in [0.717, 1.165) is 0 Å². The van der Waals surface area contributed by atoms with Crippen molar-refractivity contribution in [1.82, 2.24) is 10.2 Å². The third-order valence-electron chi connectivity index (χ3n) is 3.18. The van der Waals surface area contributed by atoms with Gasteiger partial charge in [-0.1, -0.05) is 25.4 Å². The fourth-order valence-electron chi connectivity index (χ4n) is 1.94. The monoisotopic (exact) mass is 355 g/mol. The van der Waals surface area contributed by atoms with Crippen molar-refractivity contribution in [3.8, 4) is 0 Å². The van der Waals surface area contributed by atoms with Crippen LogP contribution in [0.4, 0.5) is 10.5 Å². The molecule has 0 saturated carbocycles. The molecule has 0 saturated heterocycles. The minimum absolute atomic E-state index is 0.100. The Hall–Kier alpha value is -2.28. The summed E-state index contributed by atoms with van der Waals surface area (Å²) in [4.78, 5) is 36.6. The smallest absolute Gasteiger partial charge is 0.326 e. The van der Waals surface area contributed by atoms with E-state index in [2.05, 4.69) is 10.6 Å². The number of carbonyl (C=O) groups is 3. The fraction of sp³-hybridized carbons (Fsp3) is 0.438. The standard InChI is InChI=1S/C16H22ClN3O4/c1-9(2)7-13(15(22)23)19-14(21)11-8-10(5-6-12(11)17)18-16(24)20(3)4/h5-6,8-9,13H,7H2,1-4H3,(H,18,24)(H,19,21)(H,22,23)/t13-/m1/s1. The Morgan fingerprint density at radius 3 is 2.38 bits per heavy atom. The van der Waals surface area contributed by atoms with Crippen molar-refractivity contribution in [2.24, 2.45) is 5.92 Å². The Morgan fingerprint density at radius 2 is 1.88 bits per heavy atom. The van der Waals surface area contributed by atoms with Crippen LogP contribution in [0.15, 0.2) is 18.2 Å². The molecule has 1 atom stereocenters. The first kappa shape index (κ1) is 19.8. The topological polar surface area (TPSA) is 98.7 Å². The van der Waals surface area contributed by atoms with E-state index >= 15 is 0 Å². The van der Waals surface area contributed by atoms with Crippen molar-refractivity contribution in [1.29, 1.82) is 0 Å². The molecule has 0 heterocycles. The molecule has 3 amide bonds. The van der Waals surface area contributed by atoms with Crippen LogP contribution in [0.1, 0.15) is 30.6 Å². The highest BCUT2D eigenvalue weighted by Gasteiger charge is 2.23. The SMILES string of the molecule is CC(C)C[C@@H](NC(=O)c1cc(NC(=O)N(C)C)ccc1Cl)C(=O)O. The summed E-state index contributed by atoms with van der Waals surface area (Å²) in [5, 5.41) is 14.4. The molecule has 24 heavy (non-hydrogen) atoms. The van der Waals surface area contributed by atoms with Gasteiger partial charge in [0.15, 0.2) is 0 Å². The number of benzene rings is 1. The third-order valence-corrected chi connectivity index (χ3v) is 3.51. The molecular formula is C16H22ClN3O4. The second-order valence-electron chi connectivity index (χ2n) is 6.01. The van der Waals surface area contributed by atoms with Crippen LogP contribution in [0.5, 0.6) is 0 Å². The van der Waals surface area contributed by atoms with E-state index in [0.29, 0.717) is 12.1 Å². The summed E-state index contributed by atoms with van der Waals surface area (Å²) in [5.74, 6) is -1.60. The number of anilines is 1. The molecule has 132 valence electrons. The second kappa shape index (κ2) is 8.54. The molecule has 0 aliphatic carbocycles. The Labute approximate surface area is 146 Å². The van der Waals surface area contributed by atoms with Crippen LogP contribution in [0.25, 0.3) is 0 Å². The number of amides is 3. The fourth-order valence-corrected chi connectivity index (χ4v) is 2.14. The normalized spacial score (nSPS) is 11.8. The number of aliphatic carboxylic acids is 1. The highest BCUT2D eigenvalue weighted by Crippen LogP contribution is 2.21. The number of carboxylic acids is 1. The molecule has 0 fully saturated rings. The summed E-state index contributed by atoms with van der Waals surface area (Å²) in [6.07, 6.45) is 0.301. The van der Waals surface area contributed by atoms with Gasteiger partial charge >= 0.3 is 12.0 Å². The van der Waals surface area contributed by atoms with Gasteiger partial charge in [0.1, 0.15) is 6.04 Å². The number of halogens is 1. The van der Waals surface area contributed by atoms with E-state index < -0.39 is 17.9 Å². The highest BCUT2D eigenvalue weighted by atomic mass is 35.5. The van der Waals surface area contributed by atoms with Crippen LogP contribution in [-0.2, 0) is 4.79 Å². The number of urea groups is 1. The van der Waals surface area contributed by atoms with Crippen molar-refractivity contribution in [2.75, 3.05) is 19.4 Å². The average molecular weight is 356 g/mol. The minimum atomic E-state index is -1.11. The molecular weight excluding hydrogens is 334 g/mol. The number of rotatable bonds is 6. The molecule has 0 radical (unpaired) electrons. The average Bonchev–Trinajstić information content (AvgIpc) is 2.47. The molecule has 0 unspecified atom stereocenters. The third kappa shape index (κ3) is 5.73. The predicted molar refractivity (Wildman–Crippen MR) is 92.5 cm³/mol. The van der Waals surface area contributed by atoms with Crippen molar-refractivity contribution in [2.45, 2.75) is 26.3 Å². The molecule has 7 nitrogen and oxygen atoms in total. The molecule has 0 bridgehead atoms. The van der Waals surface area contributed by atoms with E-state index in [1.165, 1.54) is 17.0 Å². The molecule has 0 aromatic heterocycles. The van der Waals surface area contributed by atoms with Gasteiger partial charge in [0.25, 0.3) is 5.91 Å². The molecule has 0 aliphatic heterocycles. The highest BCUT2D eigenvalue weighted by molar-refractivity contribution is 6.34. The first-order chi connectivity index (χ1) is 11.1. The number of carbonyl (C=O) groups excluding carboxylic acids is 2. The summed E-state index contributed by atoms with van der Waals surface area (Å²) in [7, 11) is 3.17. The largest absolute Gasteiger partial charge is 0.480 e. The van der Waals surface area contributed by atoms with Gasteiger partial charge in [-0.2, -0.15) is 0 Å². The van der Waals surface area contributed by atoms with Crippen molar-refractivity contribution < 1.29 is 19.5 Å². The van der Waals surface area contributed by atoms with Gasteiger partial charge in [-0.15, -0.1) is 0 Å². The molecule has 1 aromatic rings. The van der Waals surface area contributed by atoms with Crippen molar-refractivity contribution in [3.63, 3.8) is 0 Å². The number of hydrogen-bond donors (Lipinski definition) is 3.